The topological polar surface area (TPSA) is 20.2 Å². The van der Waals surface area contributed by atoms with Crippen LogP contribution in [-0.4, -0.2) is 16.7 Å². The second kappa shape index (κ2) is 5.53. The van der Waals surface area contributed by atoms with Crippen molar-refractivity contribution in [3.8, 4) is 0 Å². The first-order valence-corrected chi connectivity index (χ1v) is 5.33. The van der Waals surface area contributed by atoms with Crippen molar-refractivity contribution in [3.05, 3.63) is 29.8 Å². The molecule has 78 valence electrons. The highest BCUT2D eigenvalue weighted by molar-refractivity contribution is 7.99. The van der Waals surface area contributed by atoms with Crippen LogP contribution in [0.2, 0.25) is 0 Å². The molecule has 14 heavy (non-hydrogen) atoms. The van der Waals surface area contributed by atoms with Crippen LogP contribution < -0.4 is 0 Å². The van der Waals surface area contributed by atoms with Crippen LogP contribution in [0, 0.1) is 0 Å². The van der Waals surface area contributed by atoms with Gasteiger partial charge in [-0.1, -0.05) is 23.9 Å². The van der Waals surface area contributed by atoms with Gasteiger partial charge in [0, 0.05) is 4.90 Å². The smallest absolute Gasteiger partial charge is 0.288 e. The minimum Gasteiger partial charge on any atom is -0.387 e. The first-order chi connectivity index (χ1) is 6.63. The Morgan fingerprint density at radius 3 is 2.71 bits per heavy atom. The predicted octanol–water partition coefficient (Wildman–Crippen LogP) is 3.27. The van der Waals surface area contributed by atoms with E-state index in [9.17, 15) is 13.9 Å². The lowest BCUT2D eigenvalue weighted by Gasteiger charge is -2.08. The maximum absolute atomic E-state index is 12.0. The zero-order valence-electron chi connectivity index (χ0n) is 7.16. The van der Waals surface area contributed by atoms with Crippen LogP contribution in [0.4, 0.5) is 8.78 Å². The lowest BCUT2D eigenvalue weighted by molar-refractivity contribution is 0.202. The van der Waals surface area contributed by atoms with Crippen molar-refractivity contribution in [1.29, 1.82) is 0 Å². The summed E-state index contributed by atoms with van der Waals surface area (Å²) in [6, 6.07) is 6.36. The molecular weight excluding hydrogens is 230 g/mol. The van der Waals surface area contributed by atoms with Crippen LogP contribution in [-0.2, 0) is 0 Å². The van der Waals surface area contributed by atoms with E-state index in [1.807, 2.05) is 0 Å². The molecule has 1 atom stereocenters. The third-order valence-electron chi connectivity index (χ3n) is 1.61. The average molecular weight is 239 g/mol. The summed E-state index contributed by atoms with van der Waals surface area (Å²) >= 11 is 5.89. The van der Waals surface area contributed by atoms with E-state index in [2.05, 4.69) is 0 Å². The fourth-order valence-electron chi connectivity index (χ4n) is 0.987. The lowest BCUT2D eigenvalue weighted by atomic mass is 10.1. The van der Waals surface area contributed by atoms with Gasteiger partial charge in [0.05, 0.1) is 12.0 Å². The van der Waals surface area contributed by atoms with Gasteiger partial charge in [0.25, 0.3) is 5.76 Å². The number of alkyl halides is 3. The Bertz CT molecular complexity index is 296. The van der Waals surface area contributed by atoms with Crippen molar-refractivity contribution in [3.63, 3.8) is 0 Å². The highest BCUT2D eigenvalue weighted by Gasteiger charge is 2.09. The minimum atomic E-state index is -2.45. The molecule has 0 aromatic heterocycles. The molecule has 0 bridgehead atoms. The Balaban J connectivity index is 2.78. The Hall–Kier alpha value is -0.320. The van der Waals surface area contributed by atoms with Crippen molar-refractivity contribution in [2.24, 2.45) is 0 Å². The molecule has 0 aliphatic rings. The summed E-state index contributed by atoms with van der Waals surface area (Å²) in [5, 5.41) is 9.36. The molecule has 0 radical (unpaired) electrons. The second-order valence-corrected chi connectivity index (χ2v) is 3.99. The number of halogens is 3. The Labute approximate surface area is 90.1 Å². The molecule has 0 saturated carbocycles. The fourth-order valence-corrected chi connectivity index (χ4v) is 1.73. The Morgan fingerprint density at radius 1 is 1.43 bits per heavy atom. The van der Waals surface area contributed by atoms with Crippen LogP contribution >= 0.6 is 23.4 Å². The van der Waals surface area contributed by atoms with Gasteiger partial charge in [-0.3, -0.25) is 0 Å². The summed E-state index contributed by atoms with van der Waals surface area (Å²) in [5.41, 5.74) is 0.561. The van der Waals surface area contributed by atoms with Crippen LogP contribution in [0.5, 0.6) is 0 Å². The van der Waals surface area contributed by atoms with E-state index in [1.165, 1.54) is 6.07 Å². The molecule has 0 aliphatic carbocycles. The molecular formula is C9H9ClF2OS. The van der Waals surface area contributed by atoms with E-state index in [0.29, 0.717) is 22.2 Å². The number of hydrogen-bond donors (Lipinski definition) is 1. The SMILES string of the molecule is OC(CCl)c1cccc(SC(F)F)c1. The first kappa shape index (κ1) is 11.8. The molecule has 0 amide bonds. The molecule has 1 aromatic rings. The second-order valence-electron chi connectivity index (χ2n) is 2.62. The predicted molar refractivity (Wildman–Crippen MR) is 54.0 cm³/mol. The lowest BCUT2D eigenvalue weighted by Crippen LogP contribution is -1.98. The highest BCUT2D eigenvalue weighted by atomic mass is 35.5. The summed E-state index contributed by atoms with van der Waals surface area (Å²) < 4.78 is 24.0. The van der Waals surface area contributed by atoms with Crippen molar-refractivity contribution in [1.82, 2.24) is 0 Å². The Kier molecular flexibility index (Phi) is 4.65. The van der Waals surface area contributed by atoms with Gasteiger partial charge >= 0.3 is 0 Å². The fraction of sp³-hybridized carbons (Fsp3) is 0.333. The summed E-state index contributed by atoms with van der Waals surface area (Å²) in [6.07, 6.45) is -0.796. The monoisotopic (exact) mass is 238 g/mol. The van der Waals surface area contributed by atoms with Crippen molar-refractivity contribution in [2.45, 2.75) is 16.8 Å². The number of rotatable bonds is 4. The molecule has 1 unspecified atom stereocenters. The molecule has 0 saturated heterocycles. The summed E-state index contributed by atoms with van der Waals surface area (Å²) in [6.45, 7) is 0. The number of hydrogen-bond acceptors (Lipinski definition) is 2. The van der Waals surface area contributed by atoms with E-state index in [1.54, 1.807) is 18.2 Å². The maximum Gasteiger partial charge on any atom is 0.288 e. The zero-order valence-corrected chi connectivity index (χ0v) is 8.73. The van der Waals surface area contributed by atoms with Crippen LogP contribution in [0.15, 0.2) is 29.2 Å². The minimum absolute atomic E-state index is 0.0583. The first-order valence-electron chi connectivity index (χ1n) is 3.92. The zero-order chi connectivity index (χ0) is 10.6. The van der Waals surface area contributed by atoms with Gasteiger partial charge in [-0.2, -0.15) is 8.78 Å². The van der Waals surface area contributed by atoms with Gasteiger partial charge in [0.2, 0.25) is 0 Å². The van der Waals surface area contributed by atoms with Gasteiger partial charge in [-0.15, -0.1) is 11.6 Å². The third kappa shape index (κ3) is 3.44. The molecule has 0 spiro atoms. The van der Waals surface area contributed by atoms with Gasteiger partial charge < -0.3 is 5.11 Å². The van der Waals surface area contributed by atoms with Crippen molar-refractivity contribution >= 4 is 23.4 Å². The van der Waals surface area contributed by atoms with Crippen LogP contribution in [0.1, 0.15) is 11.7 Å². The van der Waals surface area contributed by atoms with E-state index >= 15 is 0 Å². The van der Waals surface area contributed by atoms with Crippen LogP contribution in [0.25, 0.3) is 0 Å². The summed E-state index contributed by atoms with van der Waals surface area (Å²) in [4.78, 5) is 0.432. The Morgan fingerprint density at radius 2 is 2.14 bits per heavy atom. The molecule has 0 heterocycles. The van der Waals surface area contributed by atoms with Crippen molar-refractivity contribution in [2.75, 3.05) is 5.88 Å². The van der Waals surface area contributed by atoms with Crippen LogP contribution in [0.3, 0.4) is 0 Å². The highest BCUT2D eigenvalue weighted by Crippen LogP contribution is 2.27. The number of benzene rings is 1. The largest absolute Gasteiger partial charge is 0.387 e. The van der Waals surface area contributed by atoms with E-state index < -0.39 is 11.9 Å². The number of thioether (sulfide) groups is 1. The number of aliphatic hydroxyl groups excluding tert-OH is 1. The van der Waals surface area contributed by atoms with E-state index in [4.69, 9.17) is 11.6 Å². The van der Waals surface area contributed by atoms with Gasteiger partial charge in [-0.25, -0.2) is 0 Å². The quantitative estimate of drug-likeness (QED) is 0.642. The molecule has 0 aliphatic heterocycles. The summed E-state index contributed by atoms with van der Waals surface area (Å²) in [7, 11) is 0. The summed E-state index contributed by atoms with van der Waals surface area (Å²) in [5.74, 6) is -2.39. The molecule has 1 N–H and O–H groups in total. The van der Waals surface area contributed by atoms with Crippen molar-refractivity contribution < 1.29 is 13.9 Å². The van der Waals surface area contributed by atoms with E-state index in [-0.39, 0.29) is 5.88 Å². The normalized spacial score (nSPS) is 13.2. The maximum atomic E-state index is 12.0. The molecule has 1 nitrogen and oxygen atoms in total. The van der Waals surface area contributed by atoms with E-state index in [0.717, 1.165) is 0 Å². The standard InChI is InChI=1S/C9H9ClF2OS/c10-5-8(13)6-2-1-3-7(4-6)14-9(11)12/h1-4,8-9,13H,5H2. The van der Waals surface area contributed by atoms with Gasteiger partial charge in [0.15, 0.2) is 0 Å². The molecule has 5 heteroatoms. The molecule has 1 rings (SSSR count). The van der Waals surface area contributed by atoms with Gasteiger partial charge in [-0.05, 0) is 17.7 Å². The molecule has 1 aromatic carbocycles. The number of aliphatic hydroxyl groups is 1. The van der Waals surface area contributed by atoms with Gasteiger partial charge in [0.1, 0.15) is 0 Å². The third-order valence-corrected chi connectivity index (χ3v) is 2.61. The average Bonchev–Trinajstić information content (AvgIpc) is 2.16. The molecule has 0 fully saturated rings.